The molecule has 0 aromatic carbocycles. The molecule has 98 valence electrons. The molecule has 1 aliphatic carbocycles. The molecule has 0 atom stereocenters. The van der Waals surface area contributed by atoms with Gasteiger partial charge in [0.15, 0.2) is 0 Å². The number of hydrogen-bond donors (Lipinski definition) is 2. The third-order valence-electron chi connectivity index (χ3n) is 3.68. The summed E-state index contributed by atoms with van der Waals surface area (Å²) in [5.74, 6) is -0.232. The molecule has 1 aromatic heterocycles. The van der Waals surface area contributed by atoms with E-state index in [-0.39, 0.29) is 0 Å². The molecule has 0 aliphatic heterocycles. The fourth-order valence-electron chi connectivity index (χ4n) is 2.39. The second-order valence-electron chi connectivity index (χ2n) is 5.00. The molecule has 1 fully saturated rings. The van der Waals surface area contributed by atoms with Crippen LogP contribution in [0, 0.1) is 13.8 Å². The van der Waals surface area contributed by atoms with Crippen molar-refractivity contribution in [2.75, 3.05) is 5.32 Å². The first-order valence-electron chi connectivity index (χ1n) is 6.35. The molecule has 0 spiro atoms. The Labute approximate surface area is 107 Å². The van der Waals surface area contributed by atoms with Gasteiger partial charge in [-0.2, -0.15) is 0 Å². The van der Waals surface area contributed by atoms with E-state index in [1.807, 2.05) is 13.8 Å². The summed E-state index contributed by atoms with van der Waals surface area (Å²) in [6.07, 6.45) is 5.90. The summed E-state index contributed by atoms with van der Waals surface area (Å²) in [5.41, 5.74) is 0.833. The fraction of sp³-hybridized carbons (Fsp3) is 0.615. The van der Waals surface area contributed by atoms with Crippen molar-refractivity contribution in [3.63, 3.8) is 0 Å². The lowest BCUT2D eigenvalue weighted by atomic mass is 9.81. The minimum Gasteiger partial charge on any atom is -0.480 e. The third kappa shape index (κ3) is 2.44. The fourth-order valence-corrected chi connectivity index (χ4v) is 2.39. The molecule has 0 bridgehead atoms. The van der Waals surface area contributed by atoms with E-state index in [1.54, 1.807) is 6.20 Å². The van der Waals surface area contributed by atoms with Crippen molar-refractivity contribution in [3.05, 3.63) is 17.6 Å². The van der Waals surface area contributed by atoms with Crippen LogP contribution >= 0.6 is 0 Å². The number of aryl methyl sites for hydroxylation is 2. The highest BCUT2D eigenvalue weighted by Crippen LogP contribution is 2.31. The molecule has 1 aromatic rings. The van der Waals surface area contributed by atoms with Gasteiger partial charge in [-0.05, 0) is 26.7 Å². The summed E-state index contributed by atoms with van der Waals surface area (Å²) < 4.78 is 0. The molecule has 1 saturated carbocycles. The molecule has 1 aliphatic rings. The van der Waals surface area contributed by atoms with Crippen LogP contribution in [0.3, 0.4) is 0 Å². The van der Waals surface area contributed by atoms with Gasteiger partial charge in [0.1, 0.15) is 11.4 Å². The molecule has 1 heterocycles. The number of carboxylic acids is 1. The van der Waals surface area contributed by atoms with Crippen molar-refractivity contribution in [2.45, 2.75) is 51.5 Å². The Hall–Kier alpha value is -1.65. The van der Waals surface area contributed by atoms with E-state index in [0.717, 1.165) is 30.7 Å². The van der Waals surface area contributed by atoms with Crippen LogP contribution in [0.25, 0.3) is 0 Å². The van der Waals surface area contributed by atoms with E-state index in [2.05, 4.69) is 15.3 Å². The Kier molecular flexibility index (Phi) is 3.50. The SMILES string of the molecule is Cc1ncc(NC2(C(=O)O)CCCCC2)nc1C. The number of hydrogen-bond acceptors (Lipinski definition) is 4. The second kappa shape index (κ2) is 4.92. The number of nitrogens with one attached hydrogen (secondary N) is 1. The Morgan fingerprint density at radius 2 is 1.94 bits per heavy atom. The zero-order valence-electron chi connectivity index (χ0n) is 10.9. The highest BCUT2D eigenvalue weighted by molar-refractivity contribution is 5.82. The highest BCUT2D eigenvalue weighted by Gasteiger charge is 2.39. The second-order valence-corrected chi connectivity index (χ2v) is 5.00. The van der Waals surface area contributed by atoms with Gasteiger partial charge in [-0.3, -0.25) is 4.98 Å². The van der Waals surface area contributed by atoms with Crippen molar-refractivity contribution >= 4 is 11.8 Å². The number of carboxylic acid groups (broad SMARTS) is 1. The number of aromatic nitrogens is 2. The molecule has 0 unspecified atom stereocenters. The van der Waals surface area contributed by atoms with Crippen molar-refractivity contribution in [1.82, 2.24) is 9.97 Å². The van der Waals surface area contributed by atoms with Gasteiger partial charge in [0.25, 0.3) is 0 Å². The van der Waals surface area contributed by atoms with Gasteiger partial charge in [0.2, 0.25) is 0 Å². The van der Waals surface area contributed by atoms with Crippen molar-refractivity contribution < 1.29 is 9.90 Å². The van der Waals surface area contributed by atoms with Gasteiger partial charge in [-0.25, -0.2) is 9.78 Å². The van der Waals surface area contributed by atoms with Gasteiger partial charge in [0, 0.05) is 0 Å². The minimum absolute atomic E-state index is 0.558. The normalized spacial score (nSPS) is 18.3. The molecule has 0 radical (unpaired) electrons. The molecular formula is C13H19N3O2. The van der Waals surface area contributed by atoms with Crippen LogP contribution in [0.2, 0.25) is 0 Å². The summed E-state index contributed by atoms with van der Waals surface area (Å²) in [6, 6.07) is 0. The zero-order chi connectivity index (χ0) is 13.2. The molecule has 2 rings (SSSR count). The van der Waals surface area contributed by atoms with Crippen LogP contribution in [0.4, 0.5) is 5.82 Å². The Morgan fingerprint density at radius 3 is 2.50 bits per heavy atom. The summed E-state index contributed by atoms with van der Waals surface area (Å²) in [4.78, 5) is 20.1. The molecule has 2 N–H and O–H groups in total. The first-order chi connectivity index (χ1) is 8.53. The Morgan fingerprint density at radius 1 is 1.28 bits per heavy atom. The van der Waals surface area contributed by atoms with Crippen LogP contribution in [-0.2, 0) is 4.79 Å². The molecule has 18 heavy (non-hydrogen) atoms. The minimum atomic E-state index is -0.866. The van der Waals surface area contributed by atoms with E-state index in [4.69, 9.17) is 0 Å². The first-order valence-corrected chi connectivity index (χ1v) is 6.35. The lowest BCUT2D eigenvalue weighted by Gasteiger charge is -2.34. The monoisotopic (exact) mass is 249 g/mol. The largest absolute Gasteiger partial charge is 0.480 e. The number of aliphatic carboxylic acids is 1. The number of nitrogens with zero attached hydrogens (tertiary/aromatic N) is 2. The highest BCUT2D eigenvalue weighted by atomic mass is 16.4. The van der Waals surface area contributed by atoms with Gasteiger partial charge in [0.05, 0.1) is 17.6 Å². The summed E-state index contributed by atoms with van der Waals surface area (Å²) in [5, 5.41) is 12.6. The summed E-state index contributed by atoms with van der Waals surface area (Å²) in [6.45, 7) is 3.77. The van der Waals surface area contributed by atoms with Crippen molar-refractivity contribution in [2.24, 2.45) is 0 Å². The van der Waals surface area contributed by atoms with E-state index >= 15 is 0 Å². The predicted octanol–water partition coefficient (Wildman–Crippen LogP) is 2.29. The van der Waals surface area contributed by atoms with Gasteiger partial charge >= 0.3 is 5.97 Å². The quantitative estimate of drug-likeness (QED) is 0.859. The first kappa shape index (κ1) is 12.8. The van der Waals surface area contributed by atoms with E-state index < -0.39 is 11.5 Å². The lowest BCUT2D eigenvalue weighted by molar-refractivity contribution is -0.143. The zero-order valence-corrected chi connectivity index (χ0v) is 10.9. The lowest BCUT2D eigenvalue weighted by Crippen LogP contribution is -2.48. The molecular weight excluding hydrogens is 230 g/mol. The topological polar surface area (TPSA) is 75.1 Å². The Bertz CT molecular complexity index is 454. The van der Waals surface area contributed by atoms with E-state index in [9.17, 15) is 9.90 Å². The van der Waals surface area contributed by atoms with Crippen LogP contribution in [0.5, 0.6) is 0 Å². The summed E-state index contributed by atoms with van der Waals surface area (Å²) in [7, 11) is 0. The number of carbonyl (C=O) groups is 1. The molecule has 0 saturated heterocycles. The maximum absolute atomic E-state index is 11.5. The van der Waals surface area contributed by atoms with Gasteiger partial charge in [-0.15, -0.1) is 0 Å². The summed E-state index contributed by atoms with van der Waals surface area (Å²) >= 11 is 0. The third-order valence-corrected chi connectivity index (χ3v) is 3.68. The van der Waals surface area contributed by atoms with Crippen LogP contribution in [-0.4, -0.2) is 26.6 Å². The van der Waals surface area contributed by atoms with E-state index in [1.165, 1.54) is 0 Å². The van der Waals surface area contributed by atoms with Crippen molar-refractivity contribution in [1.29, 1.82) is 0 Å². The molecule has 5 nitrogen and oxygen atoms in total. The maximum atomic E-state index is 11.5. The molecule has 0 amide bonds. The maximum Gasteiger partial charge on any atom is 0.329 e. The van der Waals surface area contributed by atoms with Gasteiger partial charge < -0.3 is 10.4 Å². The van der Waals surface area contributed by atoms with Crippen molar-refractivity contribution in [3.8, 4) is 0 Å². The number of anilines is 1. The average Bonchev–Trinajstić information content (AvgIpc) is 2.35. The smallest absolute Gasteiger partial charge is 0.329 e. The average molecular weight is 249 g/mol. The van der Waals surface area contributed by atoms with Crippen LogP contribution < -0.4 is 5.32 Å². The standard InChI is InChI=1S/C13H19N3O2/c1-9-10(2)15-11(8-14-9)16-13(12(17)18)6-4-3-5-7-13/h8H,3-7H2,1-2H3,(H,15,16)(H,17,18). The van der Waals surface area contributed by atoms with Crippen LogP contribution in [0.1, 0.15) is 43.5 Å². The molecule has 5 heteroatoms. The predicted molar refractivity (Wildman–Crippen MR) is 68.6 cm³/mol. The van der Waals surface area contributed by atoms with Crippen LogP contribution in [0.15, 0.2) is 6.20 Å². The Balaban J connectivity index is 2.23. The van der Waals surface area contributed by atoms with Gasteiger partial charge in [-0.1, -0.05) is 19.3 Å². The number of rotatable bonds is 3. The van der Waals surface area contributed by atoms with E-state index in [0.29, 0.717) is 18.7 Å².